The molecule has 1 amide bonds. The smallest absolute Gasteiger partial charge is 0.230 e. The molecule has 6 heteroatoms. The number of amides is 1. The highest BCUT2D eigenvalue weighted by molar-refractivity contribution is 5.92. The Hall–Kier alpha value is -1.40. The molecular weight excluding hydrogens is 270 g/mol. The monoisotopic (exact) mass is 293 g/mol. The van der Waals surface area contributed by atoms with Crippen LogP contribution in [0.4, 0.5) is 5.82 Å². The number of rotatable bonds is 3. The first-order chi connectivity index (χ1) is 10.2. The van der Waals surface area contributed by atoms with Crippen molar-refractivity contribution < 1.29 is 14.3 Å². The average Bonchev–Trinajstić information content (AvgIpc) is 2.90. The van der Waals surface area contributed by atoms with Crippen LogP contribution >= 0.6 is 0 Å². The van der Waals surface area contributed by atoms with E-state index in [2.05, 4.69) is 10.4 Å². The van der Waals surface area contributed by atoms with Gasteiger partial charge in [0.1, 0.15) is 5.82 Å². The van der Waals surface area contributed by atoms with Crippen molar-refractivity contribution in [1.29, 1.82) is 0 Å². The largest absolute Gasteiger partial charge is 0.381 e. The van der Waals surface area contributed by atoms with Gasteiger partial charge in [0.25, 0.3) is 0 Å². The SMILES string of the molecule is Cn1nc(C2CCCOC2)cc1NC(=O)C1CCCOC1. The summed E-state index contributed by atoms with van der Waals surface area (Å²) >= 11 is 0. The van der Waals surface area contributed by atoms with Crippen molar-refractivity contribution in [2.24, 2.45) is 13.0 Å². The fraction of sp³-hybridized carbons (Fsp3) is 0.733. The molecule has 21 heavy (non-hydrogen) atoms. The molecule has 0 saturated carbocycles. The molecule has 1 aromatic rings. The summed E-state index contributed by atoms with van der Waals surface area (Å²) < 4.78 is 12.6. The van der Waals surface area contributed by atoms with E-state index in [0.29, 0.717) is 12.5 Å². The molecule has 1 aromatic heterocycles. The van der Waals surface area contributed by atoms with Crippen molar-refractivity contribution in [3.63, 3.8) is 0 Å². The lowest BCUT2D eigenvalue weighted by Crippen LogP contribution is -2.30. The molecule has 1 N–H and O–H groups in total. The van der Waals surface area contributed by atoms with E-state index in [9.17, 15) is 4.79 Å². The van der Waals surface area contributed by atoms with Crippen LogP contribution in [0, 0.1) is 5.92 Å². The Morgan fingerprint density at radius 2 is 2.05 bits per heavy atom. The van der Waals surface area contributed by atoms with E-state index in [4.69, 9.17) is 9.47 Å². The molecule has 2 saturated heterocycles. The number of carbonyl (C=O) groups is 1. The lowest BCUT2D eigenvalue weighted by molar-refractivity contribution is -0.123. The first-order valence-corrected chi connectivity index (χ1v) is 7.74. The topological polar surface area (TPSA) is 65.4 Å². The fourth-order valence-electron chi connectivity index (χ4n) is 2.96. The van der Waals surface area contributed by atoms with Gasteiger partial charge in [0.2, 0.25) is 5.91 Å². The molecule has 0 spiro atoms. The van der Waals surface area contributed by atoms with Gasteiger partial charge < -0.3 is 14.8 Å². The van der Waals surface area contributed by atoms with Gasteiger partial charge in [0.05, 0.1) is 24.8 Å². The number of carbonyl (C=O) groups excluding carboxylic acids is 1. The van der Waals surface area contributed by atoms with Crippen LogP contribution in [-0.4, -0.2) is 42.1 Å². The highest BCUT2D eigenvalue weighted by Gasteiger charge is 2.24. The molecule has 0 radical (unpaired) electrons. The third-order valence-electron chi connectivity index (χ3n) is 4.26. The number of ether oxygens (including phenoxy) is 2. The second kappa shape index (κ2) is 6.58. The molecule has 3 rings (SSSR count). The maximum atomic E-state index is 12.2. The summed E-state index contributed by atoms with van der Waals surface area (Å²) in [6, 6.07) is 1.97. The predicted molar refractivity (Wildman–Crippen MR) is 78.2 cm³/mol. The second-order valence-corrected chi connectivity index (χ2v) is 5.90. The summed E-state index contributed by atoms with van der Waals surface area (Å²) in [5.74, 6) is 1.08. The van der Waals surface area contributed by atoms with Gasteiger partial charge in [-0.1, -0.05) is 0 Å². The molecule has 2 atom stereocenters. The lowest BCUT2D eigenvalue weighted by atomic mass is 9.99. The maximum Gasteiger partial charge on any atom is 0.230 e. The number of aryl methyl sites for hydroxylation is 1. The molecule has 2 fully saturated rings. The zero-order valence-corrected chi connectivity index (χ0v) is 12.5. The summed E-state index contributed by atoms with van der Waals surface area (Å²) in [4.78, 5) is 12.2. The van der Waals surface area contributed by atoms with Gasteiger partial charge in [-0.25, -0.2) is 0 Å². The van der Waals surface area contributed by atoms with Gasteiger partial charge in [-0.3, -0.25) is 9.48 Å². The van der Waals surface area contributed by atoms with Gasteiger partial charge in [0, 0.05) is 32.2 Å². The fourth-order valence-corrected chi connectivity index (χ4v) is 2.96. The summed E-state index contributed by atoms with van der Waals surface area (Å²) in [6.07, 6.45) is 4.02. The van der Waals surface area contributed by atoms with Crippen molar-refractivity contribution in [3.8, 4) is 0 Å². The van der Waals surface area contributed by atoms with E-state index in [1.165, 1.54) is 0 Å². The third-order valence-corrected chi connectivity index (χ3v) is 4.26. The van der Waals surface area contributed by atoms with Crippen LogP contribution in [0.25, 0.3) is 0 Å². The Morgan fingerprint density at radius 3 is 2.71 bits per heavy atom. The van der Waals surface area contributed by atoms with E-state index in [1.54, 1.807) is 4.68 Å². The molecule has 0 aliphatic carbocycles. The normalized spacial score (nSPS) is 26.5. The predicted octanol–water partition coefficient (Wildman–Crippen LogP) is 1.68. The highest BCUT2D eigenvalue weighted by atomic mass is 16.5. The highest BCUT2D eigenvalue weighted by Crippen LogP contribution is 2.26. The van der Waals surface area contributed by atoms with Crippen molar-refractivity contribution >= 4 is 11.7 Å². The molecule has 116 valence electrons. The Labute approximate surface area is 124 Å². The molecular formula is C15H23N3O3. The molecule has 6 nitrogen and oxygen atoms in total. The third kappa shape index (κ3) is 3.44. The Balaban J connectivity index is 1.64. The van der Waals surface area contributed by atoms with E-state index in [0.717, 1.165) is 57.0 Å². The quantitative estimate of drug-likeness (QED) is 0.921. The van der Waals surface area contributed by atoms with Crippen molar-refractivity contribution in [2.75, 3.05) is 31.7 Å². The number of hydrogen-bond acceptors (Lipinski definition) is 4. The molecule has 0 bridgehead atoms. The molecule has 3 heterocycles. The van der Waals surface area contributed by atoms with Crippen LogP contribution in [0.5, 0.6) is 0 Å². The Morgan fingerprint density at radius 1 is 1.29 bits per heavy atom. The maximum absolute atomic E-state index is 12.2. The van der Waals surface area contributed by atoms with Crippen molar-refractivity contribution in [2.45, 2.75) is 31.6 Å². The second-order valence-electron chi connectivity index (χ2n) is 5.90. The first-order valence-electron chi connectivity index (χ1n) is 7.74. The number of hydrogen-bond donors (Lipinski definition) is 1. The van der Waals surface area contributed by atoms with E-state index in [-0.39, 0.29) is 11.8 Å². The standard InChI is InChI=1S/C15H23N3O3/c1-18-14(16-15(19)12-5-3-7-21-10-12)8-13(17-18)11-4-2-6-20-9-11/h8,11-12H,2-7,9-10H2,1H3,(H,16,19). The lowest BCUT2D eigenvalue weighted by Gasteiger charge is -2.21. The van der Waals surface area contributed by atoms with Crippen LogP contribution in [0.2, 0.25) is 0 Å². The number of anilines is 1. The summed E-state index contributed by atoms with van der Waals surface area (Å²) in [5.41, 5.74) is 1.01. The minimum atomic E-state index is -0.0462. The number of aromatic nitrogens is 2. The molecule has 0 aromatic carbocycles. The van der Waals surface area contributed by atoms with Gasteiger partial charge >= 0.3 is 0 Å². The van der Waals surface area contributed by atoms with Crippen LogP contribution in [0.1, 0.15) is 37.3 Å². The zero-order valence-electron chi connectivity index (χ0n) is 12.5. The van der Waals surface area contributed by atoms with Crippen LogP contribution in [-0.2, 0) is 21.3 Å². The Kier molecular flexibility index (Phi) is 4.55. The van der Waals surface area contributed by atoms with E-state index >= 15 is 0 Å². The van der Waals surface area contributed by atoms with Gasteiger partial charge in [-0.15, -0.1) is 0 Å². The average molecular weight is 293 g/mol. The van der Waals surface area contributed by atoms with Crippen molar-refractivity contribution in [1.82, 2.24) is 9.78 Å². The number of nitrogens with one attached hydrogen (secondary N) is 1. The van der Waals surface area contributed by atoms with Crippen LogP contribution in [0.3, 0.4) is 0 Å². The number of nitrogens with zero attached hydrogens (tertiary/aromatic N) is 2. The van der Waals surface area contributed by atoms with Crippen LogP contribution in [0.15, 0.2) is 6.07 Å². The van der Waals surface area contributed by atoms with Gasteiger partial charge in [0.15, 0.2) is 0 Å². The molecule has 2 aliphatic heterocycles. The van der Waals surface area contributed by atoms with Gasteiger partial charge in [-0.05, 0) is 25.7 Å². The summed E-state index contributed by atoms with van der Waals surface area (Å²) in [6.45, 7) is 2.85. The minimum Gasteiger partial charge on any atom is -0.381 e. The van der Waals surface area contributed by atoms with E-state index < -0.39 is 0 Å². The Bertz CT molecular complexity index is 488. The summed E-state index contributed by atoms with van der Waals surface area (Å²) in [7, 11) is 1.86. The zero-order chi connectivity index (χ0) is 14.7. The van der Waals surface area contributed by atoms with Gasteiger partial charge in [-0.2, -0.15) is 5.10 Å². The van der Waals surface area contributed by atoms with Crippen LogP contribution < -0.4 is 5.32 Å². The van der Waals surface area contributed by atoms with E-state index in [1.807, 2.05) is 13.1 Å². The first kappa shape index (κ1) is 14.5. The molecule has 2 aliphatic rings. The minimum absolute atomic E-state index is 0.0316. The van der Waals surface area contributed by atoms with Crippen molar-refractivity contribution in [3.05, 3.63) is 11.8 Å². The molecule has 2 unspecified atom stereocenters. The summed E-state index contributed by atoms with van der Waals surface area (Å²) in [5, 5.41) is 7.50.